The largest absolute Gasteiger partial charge is 0.478 e. The van der Waals surface area contributed by atoms with Crippen LogP contribution in [0.3, 0.4) is 0 Å². The molecule has 0 aliphatic heterocycles. The molecular formula is C13H11NO4. The predicted octanol–water partition coefficient (Wildman–Crippen LogP) is 2.54. The number of furan rings is 1. The average molecular weight is 245 g/mol. The predicted molar refractivity (Wildman–Crippen MR) is 64.8 cm³/mol. The van der Waals surface area contributed by atoms with Gasteiger partial charge in [0.1, 0.15) is 0 Å². The van der Waals surface area contributed by atoms with Crippen LogP contribution in [0.25, 0.3) is 0 Å². The van der Waals surface area contributed by atoms with Crippen LogP contribution in [0.5, 0.6) is 0 Å². The number of carboxylic acid groups (broad SMARTS) is 1. The van der Waals surface area contributed by atoms with Gasteiger partial charge in [-0.3, -0.25) is 4.79 Å². The van der Waals surface area contributed by atoms with E-state index < -0.39 is 11.9 Å². The average Bonchev–Trinajstić information content (AvgIpc) is 2.76. The van der Waals surface area contributed by atoms with Crippen LogP contribution in [0.2, 0.25) is 0 Å². The SMILES string of the molecule is Cc1ccoc1C(=O)Nc1ccccc1C(=O)O. The van der Waals surface area contributed by atoms with Gasteiger partial charge in [0.05, 0.1) is 17.5 Å². The minimum Gasteiger partial charge on any atom is -0.478 e. The summed E-state index contributed by atoms with van der Waals surface area (Å²) in [4.78, 5) is 22.9. The molecule has 0 unspecified atom stereocenters. The van der Waals surface area contributed by atoms with Crippen LogP contribution < -0.4 is 5.32 Å². The number of aromatic carboxylic acids is 1. The van der Waals surface area contributed by atoms with Gasteiger partial charge in [-0.25, -0.2) is 4.79 Å². The first-order valence-corrected chi connectivity index (χ1v) is 5.27. The quantitative estimate of drug-likeness (QED) is 0.870. The second kappa shape index (κ2) is 4.75. The summed E-state index contributed by atoms with van der Waals surface area (Å²) in [5, 5.41) is 11.5. The van der Waals surface area contributed by atoms with Crippen molar-refractivity contribution < 1.29 is 19.1 Å². The third kappa shape index (κ3) is 2.24. The molecule has 5 nitrogen and oxygen atoms in total. The summed E-state index contributed by atoms with van der Waals surface area (Å²) in [6.07, 6.45) is 1.41. The third-order valence-corrected chi connectivity index (χ3v) is 2.47. The monoisotopic (exact) mass is 245 g/mol. The number of rotatable bonds is 3. The molecule has 0 saturated carbocycles. The fraction of sp³-hybridized carbons (Fsp3) is 0.0769. The molecule has 1 heterocycles. The number of aryl methyl sites for hydroxylation is 1. The van der Waals surface area contributed by atoms with Gasteiger partial charge in [-0.2, -0.15) is 0 Å². The van der Waals surface area contributed by atoms with Gasteiger partial charge in [0.2, 0.25) is 0 Å². The summed E-state index contributed by atoms with van der Waals surface area (Å²) in [5.74, 6) is -1.39. The van der Waals surface area contributed by atoms with E-state index in [9.17, 15) is 9.59 Å². The second-order valence-electron chi connectivity index (χ2n) is 3.74. The first-order chi connectivity index (χ1) is 8.59. The smallest absolute Gasteiger partial charge is 0.337 e. The number of hydrogen-bond acceptors (Lipinski definition) is 3. The van der Waals surface area contributed by atoms with E-state index in [4.69, 9.17) is 9.52 Å². The van der Waals surface area contributed by atoms with E-state index >= 15 is 0 Å². The molecule has 0 aliphatic rings. The molecule has 0 radical (unpaired) electrons. The number of carbonyl (C=O) groups excluding carboxylic acids is 1. The fourth-order valence-corrected chi connectivity index (χ4v) is 1.56. The summed E-state index contributed by atoms with van der Waals surface area (Å²) >= 11 is 0. The van der Waals surface area contributed by atoms with Gasteiger partial charge in [-0.15, -0.1) is 0 Å². The number of amides is 1. The molecule has 0 fully saturated rings. The molecule has 0 saturated heterocycles. The van der Waals surface area contributed by atoms with Crippen molar-refractivity contribution in [3.63, 3.8) is 0 Å². The van der Waals surface area contributed by atoms with E-state index in [-0.39, 0.29) is 17.0 Å². The van der Waals surface area contributed by atoms with Crippen molar-refractivity contribution in [3.05, 3.63) is 53.5 Å². The van der Waals surface area contributed by atoms with E-state index in [1.54, 1.807) is 25.1 Å². The number of benzene rings is 1. The van der Waals surface area contributed by atoms with Gasteiger partial charge >= 0.3 is 5.97 Å². The first-order valence-electron chi connectivity index (χ1n) is 5.27. The zero-order valence-corrected chi connectivity index (χ0v) is 9.64. The zero-order valence-electron chi connectivity index (χ0n) is 9.64. The Labute approximate surface area is 103 Å². The highest BCUT2D eigenvalue weighted by Crippen LogP contribution is 2.17. The number of para-hydroxylation sites is 1. The molecule has 0 bridgehead atoms. The molecule has 2 N–H and O–H groups in total. The second-order valence-corrected chi connectivity index (χ2v) is 3.74. The van der Waals surface area contributed by atoms with Crippen LogP contribution >= 0.6 is 0 Å². The standard InChI is InChI=1S/C13H11NO4/c1-8-6-7-18-11(8)12(15)14-10-5-3-2-4-9(10)13(16)17/h2-7H,1H3,(H,14,15)(H,16,17). The van der Waals surface area contributed by atoms with Crippen LogP contribution in [-0.2, 0) is 0 Å². The Morgan fingerprint density at radius 1 is 1.22 bits per heavy atom. The van der Waals surface area contributed by atoms with E-state index in [0.29, 0.717) is 5.56 Å². The van der Waals surface area contributed by atoms with E-state index in [2.05, 4.69) is 5.32 Å². The number of anilines is 1. The lowest BCUT2D eigenvalue weighted by Gasteiger charge is -2.07. The molecule has 2 rings (SSSR count). The molecular weight excluding hydrogens is 234 g/mol. The highest BCUT2D eigenvalue weighted by molar-refractivity contribution is 6.06. The Bertz CT molecular complexity index is 601. The highest BCUT2D eigenvalue weighted by Gasteiger charge is 2.16. The maximum atomic E-state index is 11.9. The van der Waals surface area contributed by atoms with E-state index in [0.717, 1.165) is 0 Å². The van der Waals surface area contributed by atoms with Crippen LogP contribution in [0.15, 0.2) is 41.0 Å². The van der Waals surface area contributed by atoms with Crippen molar-refractivity contribution in [3.8, 4) is 0 Å². The molecule has 92 valence electrons. The lowest BCUT2D eigenvalue weighted by atomic mass is 10.1. The number of carboxylic acids is 1. The lowest BCUT2D eigenvalue weighted by Crippen LogP contribution is -2.14. The van der Waals surface area contributed by atoms with Crippen LogP contribution in [0, 0.1) is 6.92 Å². The summed E-state index contributed by atoms with van der Waals surface area (Å²) in [6, 6.07) is 7.86. The topological polar surface area (TPSA) is 79.5 Å². The fourth-order valence-electron chi connectivity index (χ4n) is 1.56. The van der Waals surface area contributed by atoms with E-state index in [1.165, 1.54) is 18.4 Å². The summed E-state index contributed by atoms with van der Waals surface area (Å²) in [6.45, 7) is 1.74. The van der Waals surface area contributed by atoms with Crippen LogP contribution in [0.1, 0.15) is 26.5 Å². The van der Waals surface area contributed by atoms with Gasteiger partial charge in [-0.05, 0) is 25.1 Å². The Morgan fingerprint density at radius 3 is 2.56 bits per heavy atom. The van der Waals surface area contributed by atoms with Gasteiger partial charge < -0.3 is 14.8 Å². The van der Waals surface area contributed by atoms with Crippen molar-refractivity contribution >= 4 is 17.6 Å². The molecule has 1 aromatic carbocycles. The molecule has 2 aromatic rings. The minimum atomic E-state index is -1.10. The Morgan fingerprint density at radius 2 is 1.94 bits per heavy atom. The molecule has 0 aliphatic carbocycles. The van der Waals surface area contributed by atoms with Gasteiger partial charge in [0.25, 0.3) is 5.91 Å². The van der Waals surface area contributed by atoms with Crippen molar-refractivity contribution in [2.45, 2.75) is 6.92 Å². The Hall–Kier alpha value is -2.56. The van der Waals surface area contributed by atoms with Crippen molar-refractivity contribution in [1.82, 2.24) is 0 Å². The Kier molecular flexibility index (Phi) is 3.14. The lowest BCUT2D eigenvalue weighted by molar-refractivity contribution is 0.0698. The molecule has 0 spiro atoms. The minimum absolute atomic E-state index is 0.0371. The van der Waals surface area contributed by atoms with Gasteiger partial charge in [-0.1, -0.05) is 12.1 Å². The number of hydrogen-bond donors (Lipinski definition) is 2. The number of carbonyl (C=O) groups is 2. The van der Waals surface area contributed by atoms with Gasteiger partial charge in [0.15, 0.2) is 5.76 Å². The van der Waals surface area contributed by atoms with Crippen molar-refractivity contribution in [2.75, 3.05) is 5.32 Å². The van der Waals surface area contributed by atoms with Crippen LogP contribution in [0.4, 0.5) is 5.69 Å². The molecule has 1 aromatic heterocycles. The first kappa shape index (κ1) is 11.9. The summed E-state index contributed by atoms with van der Waals surface area (Å²) in [7, 11) is 0. The third-order valence-electron chi connectivity index (χ3n) is 2.47. The van der Waals surface area contributed by atoms with Gasteiger partial charge in [0, 0.05) is 5.56 Å². The van der Waals surface area contributed by atoms with Crippen molar-refractivity contribution in [2.24, 2.45) is 0 Å². The zero-order chi connectivity index (χ0) is 13.1. The van der Waals surface area contributed by atoms with E-state index in [1.807, 2.05) is 0 Å². The van der Waals surface area contributed by atoms with Crippen LogP contribution in [-0.4, -0.2) is 17.0 Å². The summed E-state index contributed by atoms with van der Waals surface area (Å²) < 4.78 is 5.04. The molecule has 0 atom stereocenters. The maximum absolute atomic E-state index is 11.9. The molecule has 18 heavy (non-hydrogen) atoms. The summed E-state index contributed by atoms with van der Waals surface area (Å²) in [5.41, 5.74) is 0.973. The highest BCUT2D eigenvalue weighted by atomic mass is 16.4. The molecule has 1 amide bonds. The number of nitrogens with one attached hydrogen (secondary N) is 1. The molecule has 5 heteroatoms. The Balaban J connectivity index is 2.28. The normalized spacial score (nSPS) is 10.1. The maximum Gasteiger partial charge on any atom is 0.337 e. The van der Waals surface area contributed by atoms with Crippen molar-refractivity contribution in [1.29, 1.82) is 0 Å².